The third kappa shape index (κ3) is 50.8. The van der Waals surface area contributed by atoms with Crippen molar-refractivity contribution in [3.05, 3.63) is 48.6 Å². The van der Waals surface area contributed by atoms with E-state index in [-0.39, 0.29) is 32.1 Å². The highest BCUT2D eigenvalue weighted by Crippen LogP contribution is 2.42. The van der Waals surface area contributed by atoms with Gasteiger partial charge in [0.05, 0.1) is 13.2 Å². The Bertz CT molecular complexity index is 1170. The molecular weight excluding hydrogens is 810 g/mol. The predicted molar refractivity (Wildman–Crippen MR) is 266 cm³/mol. The first-order valence-corrected chi connectivity index (χ1v) is 27.6. The molecular formula is C53H98NO8P. The van der Waals surface area contributed by atoms with Gasteiger partial charge in [0.15, 0.2) is 0 Å². The second kappa shape index (κ2) is 49.4. The molecule has 0 saturated carbocycles. The Labute approximate surface area is 387 Å². The van der Waals surface area contributed by atoms with Crippen LogP contribution in [0.2, 0.25) is 0 Å². The summed E-state index contributed by atoms with van der Waals surface area (Å²) in [6.45, 7) is 3.53. The second-order valence-electron chi connectivity index (χ2n) is 17.5. The average Bonchev–Trinajstić information content (AvgIpc) is 3.27. The van der Waals surface area contributed by atoms with Crippen LogP contribution >= 0.6 is 7.82 Å². The van der Waals surface area contributed by atoms with Crippen LogP contribution < -0.4 is 5.32 Å². The van der Waals surface area contributed by atoms with Gasteiger partial charge in [-0.05, 0) is 77.0 Å². The summed E-state index contributed by atoms with van der Waals surface area (Å²) < 4.78 is 27.0. The van der Waals surface area contributed by atoms with Gasteiger partial charge in [0.25, 0.3) is 0 Å². The highest BCUT2D eigenvalue weighted by molar-refractivity contribution is 7.47. The fraction of sp³-hybridized carbons (Fsp3) is 0.811. The van der Waals surface area contributed by atoms with Crippen LogP contribution in [-0.2, 0) is 27.9 Å². The summed E-state index contributed by atoms with van der Waals surface area (Å²) in [4.78, 5) is 34.1. The summed E-state index contributed by atoms with van der Waals surface area (Å²) in [5, 5.41) is 12.8. The number of allylic oxidation sites excluding steroid dienone is 8. The van der Waals surface area contributed by atoms with Gasteiger partial charge in [-0.1, -0.05) is 204 Å². The molecule has 2 atom stereocenters. The van der Waals surface area contributed by atoms with E-state index in [2.05, 4.69) is 67.8 Å². The number of unbranched alkanes of at least 4 members (excludes halogenated alkanes) is 28. The van der Waals surface area contributed by atoms with Crippen LogP contribution in [0, 0.1) is 0 Å². The van der Waals surface area contributed by atoms with Crippen molar-refractivity contribution in [1.82, 2.24) is 5.32 Å². The number of phosphoric acid groups is 1. The molecule has 0 aliphatic heterocycles. The molecule has 2 unspecified atom stereocenters. The van der Waals surface area contributed by atoms with Crippen LogP contribution in [0.4, 0.5) is 0 Å². The van der Waals surface area contributed by atoms with Crippen molar-refractivity contribution in [2.24, 2.45) is 0 Å². The zero-order valence-corrected chi connectivity index (χ0v) is 41.7. The van der Waals surface area contributed by atoms with Crippen molar-refractivity contribution in [2.45, 2.75) is 251 Å². The number of esters is 1. The van der Waals surface area contributed by atoms with Gasteiger partial charge in [-0.25, -0.2) is 4.57 Å². The molecule has 0 aliphatic carbocycles. The SMILES string of the molecule is CCCCC/C=C\C/C=C\CCCCCCCCCCCCCCCC(=O)OCC(O)COP(=O)(O)OCCNC(=O)CCCCCCCCCCC/C=C\C/C=C\CCCCC. The van der Waals surface area contributed by atoms with Crippen molar-refractivity contribution in [2.75, 3.05) is 26.4 Å². The second-order valence-corrected chi connectivity index (χ2v) is 18.9. The zero-order chi connectivity index (χ0) is 46.0. The molecule has 368 valence electrons. The number of rotatable bonds is 49. The van der Waals surface area contributed by atoms with Crippen molar-refractivity contribution in [1.29, 1.82) is 0 Å². The molecule has 10 heteroatoms. The first kappa shape index (κ1) is 61.0. The zero-order valence-electron chi connectivity index (χ0n) is 40.8. The minimum Gasteiger partial charge on any atom is -0.463 e. The number of ether oxygens (including phenoxy) is 1. The Morgan fingerprint density at radius 3 is 1.27 bits per heavy atom. The van der Waals surface area contributed by atoms with Crippen molar-refractivity contribution < 1.29 is 37.9 Å². The number of aliphatic hydroxyl groups excluding tert-OH is 1. The van der Waals surface area contributed by atoms with E-state index in [0.717, 1.165) is 51.4 Å². The van der Waals surface area contributed by atoms with Crippen LogP contribution in [0.1, 0.15) is 245 Å². The number of hydrogen-bond acceptors (Lipinski definition) is 7. The number of amides is 1. The van der Waals surface area contributed by atoms with E-state index in [4.69, 9.17) is 13.8 Å². The monoisotopic (exact) mass is 908 g/mol. The molecule has 0 fully saturated rings. The fourth-order valence-corrected chi connectivity index (χ4v) is 8.02. The number of aliphatic hydroxyl groups is 1. The van der Waals surface area contributed by atoms with Gasteiger partial charge < -0.3 is 20.1 Å². The lowest BCUT2D eigenvalue weighted by molar-refractivity contribution is -0.147. The standard InChI is InChI=1S/C53H98NO8P/c1-3-5-7-9-11-13-15-17-19-21-23-24-25-26-28-30-32-34-36-38-40-42-44-46-53(57)60-49-51(55)50-62-63(58,59)61-48-47-54-52(56)45-43-41-39-37-35-33-31-29-27-22-20-18-16-14-12-10-8-6-4-2/h11-14,17-20,51,55H,3-10,15-16,21-50H2,1-2H3,(H,54,56)(H,58,59)/b13-11-,14-12-,19-17-,20-18-. The molecule has 3 N–H and O–H groups in total. The van der Waals surface area contributed by atoms with Crippen molar-refractivity contribution >= 4 is 19.7 Å². The molecule has 0 radical (unpaired) electrons. The lowest BCUT2D eigenvalue weighted by atomic mass is 10.0. The van der Waals surface area contributed by atoms with Gasteiger partial charge in [-0.2, -0.15) is 0 Å². The number of hydrogen-bond donors (Lipinski definition) is 3. The van der Waals surface area contributed by atoms with Crippen LogP contribution in [0.5, 0.6) is 0 Å². The first-order valence-electron chi connectivity index (χ1n) is 26.1. The van der Waals surface area contributed by atoms with Crippen LogP contribution in [0.3, 0.4) is 0 Å². The summed E-state index contributed by atoms with van der Waals surface area (Å²) in [6.07, 6.45) is 59.0. The number of nitrogens with one attached hydrogen (secondary N) is 1. The van der Waals surface area contributed by atoms with Crippen molar-refractivity contribution in [3.63, 3.8) is 0 Å². The van der Waals surface area contributed by atoms with Gasteiger partial charge in [0.2, 0.25) is 5.91 Å². The van der Waals surface area contributed by atoms with E-state index < -0.39 is 26.5 Å². The van der Waals surface area contributed by atoms with Crippen LogP contribution in [0.25, 0.3) is 0 Å². The van der Waals surface area contributed by atoms with E-state index in [1.54, 1.807) is 0 Å². The lowest BCUT2D eigenvalue weighted by Crippen LogP contribution is -2.27. The molecule has 63 heavy (non-hydrogen) atoms. The molecule has 0 saturated heterocycles. The number of carbonyl (C=O) groups excluding carboxylic acids is 2. The van der Waals surface area contributed by atoms with E-state index >= 15 is 0 Å². The Kier molecular flexibility index (Phi) is 47.8. The van der Waals surface area contributed by atoms with E-state index in [1.165, 1.54) is 167 Å². The van der Waals surface area contributed by atoms with Gasteiger partial charge >= 0.3 is 13.8 Å². The average molecular weight is 908 g/mol. The summed E-state index contributed by atoms with van der Waals surface area (Å²) in [5.74, 6) is -0.516. The van der Waals surface area contributed by atoms with Gasteiger partial charge in [-0.15, -0.1) is 0 Å². The molecule has 0 spiro atoms. The van der Waals surface area contributed by atoms with Gasteiger partial charge in [0.1, 0.15) is 12.7 Å². The molecule has 0 rings (SSSR count). The molecule has 9 nitrogen and oxygen atoms in total. The highest BCUT2D eigenvalue weighted by atomic mass is 31.2. The quantitative estimate of drug-likeness (QED) is 0.0238. The third-order valence-corrected chi connectivity index (χ3v) is 12.2. The summed E-state index contributed by atoms with van der Waals surface area (Å²) in [6, 6.07) is 0. The van der Waals surface area contributed by atoms with Gasteiger partial charge in [0, 0.05) is 19.4 Å². The Morgan fingerprint density at radius 2 is 0.857 bits per heavy atom. The molecule has 0 aromatic rings. The lowest BCUT2D eigenvalue weighted by Gasteiger charge is -2.15. The molecule has 0 bridgehead atoms. The summed E-state index contributed by atoms with van der Waals surface area (Å²) >= 11 is 0. The number of phosphoric ester groups is 1. The Hall–Kier alpha value is -2.03. The maximum absolute atomic E-state index is 12.2. The molecule has 1 amide bonds. The Balaban J connectivity index is 3.55. The number of carbonyl (C=O) groups is 2. The predicted octanol–water partition coefficient (Wildman–Crippen LogP) is 15.4. The minimum atomic E-state index is -4.42. The molecule has 0 aliphatic rings. The summed E-state index contributed by atoms with van der Waals surface area (Å²) in [7, 11) is -4.42. The van der Waals surface area contributed by atoms with E-state index in [0.29, 0.717) is 6.42 Å². The highest BCUT2D eigenvalue weighted by Gasteiger charge is 2.23. The smallest absolute Gasteiger partial charge is 0.463 e. The van der Waals surface area contributed by atoms with Crippen LogP contribution in [-0.4, -0.2) is 54.3 Å². The van der Waals surface area contributed by atoms with E-state index in [1.807, 2.05) is 0 Å². The fourth-order valence-electron chi connectivity index (χ4n) is 7.27. The molecule has 0 aromatic heterocycles. The maximum Gasteiger partial charge on any atom is 0.472 e. The molecule has 0 aromatic carbocycles. The van der Waals surface area contributed by atoms with Gasteiger partial charge in [-0.3, -0.25) is 18.6 Å². The normalized spacial score (nSPS) is 13.5. The van der Waals surface area contributed by atoms with Crippen molar-refractivity contribution in [3.8, 4) is 0 Å². The largest absolute Gasteiger partial charge is 0.472 e. The summed E-state index contributed by atoms with van der Waals surface area (Å²) in [5.41, 5.74) is 0. The Morgan fingerprint density at radius 1 is 0.492 bits per heavy atom. The van der Waals surface area contributed by atoms with E-state index in [9.17, 15) is 24.2 Å². The minimum absolute atomic E-state index is 0.0792. The third-order valence-electron chi connectivity index (χ3n) is 11.2. The topological polar surface area (TPSA) is 131 Å². The molecule has 0 heterocycles. The first-order chi connectivity index (χ1) is 30.8. The van der Waals surface area contributed by atoms with Crippen LogP contribution in [0.15, 0.2) is 48.6 Å². The maximum atomic E-state index is 12.2.